The van der Waals surface area contributed by atoms with Gasteiger partial charge in [0.2, 0.25) is 5.91 Å². The fraction of sp³-hybridized carbons (Fsp3) is 0.318. The van der Waals surface area contributed by atoms with Crippen molar-refractivity contribution in [1.82, 2.24) is 4.90 Å². The summed E-state index contributed by atoms with van der Waals surface area (Å²) in [5.74, 6) is -1.13. The summed E-state index contributed by atoms with van der Waals surface area (Å²) in [5, 5.41) is 3.25. The lowest BCUT2D eigenvalue weighted by Crippen LogP contribution is -2.51. The molecular formula is C22H25N3O5. The number of ether oxygens (including phenoxy) is 2. The van der Waals surface area contributed by atoms with E-state index in [4.69, 9.17) is 15.2 Å². The first kappa shape index (κ1) is 21.2. The van der Waals surface area contributed by atoms with Crippen LogP contribution in [0.1, 0.15) is 19.3 Å². The smallest absolute Gasteiger partial charge is 0.344 e. The number of carbonyl (C=O) groups excluding carboxylic acids is 3. The van der Waals surface area contributed by atoms with Gasteiger partial charge in [-0.2, -0.15) is 0 Å². The summed E-state index contributed by atoms with van der Waals surface area (Å²) in [4.78, 5) is 37.1. The van der Waals surface area contributed by atoms with Crippen LogP contribution in [0.15, 0.2) is 54.6 Å². The molecule has 1 aliphatic heterocycles. The van der Waals surface area contributed by atoms with Gasteiger partial charge in [-0.25, -0.2) is 4.79 Å². The normalized spacial score (nSPS) is 15.9. The molecule has 1 atom stereocenters. The van der Waals surface area contributed by atoms with Crippen LogP contribution < -0.4 is 15.8 Å². The average Bonchev–Trinajstić information content (AvgIpc) is 2.77. The summed E-state index contributed by atoms with van der Waals surface area (Å²) in [6.07, 6.45) is 2.17. The number of esters is 1. The SMILES string of the molecule is NC(=O)[C@H]1CCCCN1C(=O)COC(=O)COc1ccc(Nc2ccccc2)cc1. The molecule has 2 amide bonds. The van der Waals surface area contributed by atoms with Crippen molar-refractivity contribution in [2.75, 3.05) is 25.1 Å². The minimum absolute atomic E-state index is 0.321. The van der Waals surface area contributed by atoms with Crippen molar-refractivity contribution in [3.63, 3.8) is 0 Å². The van der Waals surface area contributed by atoms with Crippen molar-refractivity contribution in [3.05, 3.63) is 54.6 Å². The van der Waals surface area contributed by atoms with E-state index in [2.05, 4.69) is 5.32 Å². The highest BCUT2D eigenvalue weighted by atomic mass is 16.6. The van der Waals surface area contributed by atoms with Crippen LogP contribution in [0.2, 0.25) is 0 Å². The van der Waals surface area contributed by atoms with Gasteiger partial charge in [0.25, 0.3) is 5.91 Å². The van der Waals surface area contributed by atoms with Gasteiger partial charge < -0.3 is 25.4 Å². The van der Waals surface area contributed by atoms with Crippen molar-refractivity contribution < 1.29 is 23.9 Å². The summed E-state index contributed by atoms with van der Waals surface area (Å²) in [6.45, 7) is -0.326. The number of amides is 2. The summed E-state index contributed by atoms with van der Waals surface area (Å²) in [7, 11) is 0. The molecule has 0 aliphatic carbocycles. The summed E-state index contributed by atoms with van der Waals surface area (Å²) >= 11 is 0. The van der Waals surface area contributed by atoms with Gasteiger partial charge in [0, 0.05) is 17.9 Å². The lowest BCUT2D eigenvalue weighted by Gasteiger charge is -2.33. The number of anilines is 2. The van der Waals surface area contributed by atoms with E-state index < -0.39 is 30.4 Å². The van der Waals surface area contributed by atoms with Gasteiger partial charge in [-0.15, -0.1) is 0 Å². The number of carbonyl (C=O) groups is 3. The van der Waals surface area contributed by atoms with Crippen LogP contribution in [0.3, 0.4) is 0 Å². The summed E-state index contributed by atoms with van der Waals surface area (Å²) < 4.78 is 10.4. The molecule has 0 unspecified atom stereocenters. The van der Waals surface area contributed by atoms with Gasteiger partial charge in [0.05, 0.1) is 0 Å². The van der Waals surface area contributed by atoms with E-state index in [0.717, 1.165) is 24.2 Å². The Morgan fingerprint density at radius 2 is 1.67 bits per heavy atom. The van der Waals surface area contributed by atoms with Gasteiger partial charge in [0.1, 0.15) is 11.8 Å². The highest BCUT2D eigenvalue weighted by Crippen LogP contribution is 2.20. The molecule has 1 heterocycles. The number of benzene rings is 2. The highest BCUT2D eigenvalue weighted by molar-refractivity contribution is 5.88. The van der Waals surface area contributed by atoms with Crippen molar-refractivity contribution >= 4 is 29.2 Å². The molecule has 0 bridgehead atoms. The number of piperidine rings is 1. The van der Waals surface area contributed by atoms with Crippen LogP contribution in [0.4, 0.5) is 11.4 Å². The second kappa shape index (κ2) is 10.3. The van der Waals surface area contributed by atoms with Gasteiger partial charge in [-0.1, -0.05) is 18.2 Å². The second-order valence-corrected chi connectivity index (χ2v) is 6.97. The zero-order valence-electron chi connectivity index (χ0n) is 16.6. The van der Waals surface area contributed by atoms with E-state index in [1.165, 1.54) is 4.90 Å². The third-order valence-corrected chi connectivity index (χ3v) is 4.78. The molecule has 0 saturated carbocycles. The van der Waals surface area contributed by atoms with Crippen LogP contribution in [-0.2, 0) is 19.1 Å². The van der Waals surface area contributed by atoms with Gasteiger partial charge in [-0.3, -0.25) is 9.59 Å². The molecule has 1 fully saturated rings. The second-order valence-electron chi connectivity index (χ2n) is 6.97. The minimum Gasteiger partial charge on any atom is -0.482 e. The first-order valence-electron chi connectivity index (χ1n) is 9.82. The number of nitrogens with two attached hydrogens (primary N) is 1. The van der Waals surface area contributed by atoms with Crippen LogP contribution in [-0.4, -0.2) is 48.5 Å². The monoisotopic (exact) mass is 411 g/mol. The molecule has 0 radical (unpaired) electrons. The van der Waals surface area contributed by atoms with Gasteiger partial charge in [0.15, 0.2) is 13.2 Å². The largest absolute Gasteiger partial charge is 0.482 e. The topological polar surface area (TPSA) is 111 Å². The number of rotatable bonds is 8. The summed E-state index contributed by atoms with van der Waals surface area (Å²) in [5.41, 5.74) is 7.20. The third-order valence-electron chi connectivity index (χ3n) is 4.78. The Morgan fingerprint density at radius 3 is 2.37 bits per heavy atom. The average molecular weight is 411 g/mol. The lowest BCUT2D eigenvalue weighted by molar-refractivity contribution is -0.156. The maximum atomic E-state index is 12.3. The molecule has 3 rings (SSSR count). The Hall–Kier alpha value is -3.55. The van der Waals surface area contributed by atoms with Gasteiger partial charge >= 0.3 is 5.97 Å². The molecule has 158 valence electrons. The standard InChI is InChI=1S/C22H25N3O5/c23-22(28)19-8-4-5-13-25(19)20(26)14-30-21(27)15-29-18-11-9-17(10-12-18)24-16-6-2-1-3-7-16/h1-3,6-7,9-12,19,24H,4-5,8,13-15H2,(H2,23,28)/t19-/m1/s1. The number of nitrogens with zero attached hydrogens (tertiary/aromatic N) is 1. The first-order chi connectivity index (χ1) is 14.5. The Labute approximate surface area is 174 Å². The van der Waals surface area contributed by atoms with Crippen LogP contribution >= 0.6 is 0 Å². The van der Waals surface area contributed by atoms with Crippen LogP contribution in [0.25, 0.3) is 0 Å². The van der Waals surface area contributed by atoms with Crippen molar-refractivity contribution in [1.29, 1.82) is 0 Å². The molecular weight excluding hydrogens is 386 g/mol. The van der Waals surface area contributed by atoms with E-state index in [1.807, 2.05) is 42.5 Å². The van der Waals surface area contributed by atoms with E-state index in [1.54, 1.807) is 12.1 Å². The number of primary amides is 1. The fourth-order valence-corrected chi connectivity index (χ4v) is 3.26. The Balaban J connectivity index is 1.42. The number of nitrogens with one attached hydrogen (secondary N) is 1. The van der Waals surface area contributed by atoms with Crippen LogP contribution in [0, 0.1) is 0 Å². The maximum Gasteiger partial charge on any atom is 0.344 e. The molecule has 1 aliphatic rings. The molecule has 8 heteroatoms. The molecule has 30 heavy (non-hydrogen) atoms. The van der Waals surface area contributed by atoms with Crippen molar-refractivity contribution in [2.24, 2.45) is 5.73 Å². The molecule has 0 aromatic heterocycles. The molecule has 8 nitrogen and oxygen atoms in total. The van der Waals surface area contributed by atoms with E-state index in [9.17, 15) is 14.4 Å². The van der Waals surface area contributed by atoms with Crippen LogP contribution in [0.5, 0.6) is 5.75 Å². The third kappa shape index (κ3) is 5.97. The number of para-hydroxylation sites is 1. The summed E-state index contributed by atoms with van der Waals surface area (Å²) in [6, 6.07) is 16.2. The predicted molar refractivity (Wildman–Crippen MR) is 111 cm³/mol. The lowest BCUT2D eigenvalue weighted by atomic mass is 10.0. The predicted octanol–water partition coefficient (Wildman–Crippen LogP) is 2.22. The number of hydrogen-bond acceptors (Lipinski definition) is 6. The Morgan fingerprint density at radius 1 is 0.967 bits per heavy atom. The zero-order chi connectivity index (χ0) is 21.3. The molecule has 0 spiro atoms. The van der Waals surface area contributed by atoms with Gasteiger partial charge in [-0.05, 0) is 55.7 Å². The fourth-order valence-electron chi connectivity index (χ4n) is 3.26. The first-order valence-corrected chi connectivity index (χ1v) is 9.82. The Kier molecular flexibility index (Phi) is 7.26. The number of likely N-dealkylation sites (tertiary alicyclic amines) is 1. The zero-order valence-corrected chi connectivity index (χ0v) is 16.6. The van der Waals surface area contributed by atoms with E-state index in [-0.39, 0.29) is 6.61 Å². The molecule has 2 aromatic rings. The minimum atomic E-state index is -0.664. The molecule has 3 N–H and O–H groups in total. The van der Waals surface area contributed by atoms with E-state index in [0.29, 0.717) is 18.7 Å². The number of hydrogen-bond donors (Lipinski definition) is 2. The van der Waals surface area contributed by atoms with Crippen molar-refractivity contribution in [2.45, 2.75) is 25.3 Å². The molecule has 1 saturated heterocycles. The quantitative estimate of drug-likeness (QED) is 0.645. The van der Waals surface area contributed by atoms with E-state index >= 15 is 0 Å². The Bertz CT molecular complexity index is 870. The van der Waals surface area contributed by atoms with Crippen molar-refractivity contribution in [3.8, 4) is 5.75 Å². The highest BCUT2D eigenvalue weighted by Gasteiger charge is 2.30. The molecule has 2 aromatic carbocycles. The maximum absolute atomic E-state index is 12.3.